The van der Waals surface area contributed by atoms with Gasteiger partial charge in [0, 0.05) is 0 Å². The van der Waals surface area contributed by atoms with E-state index in [0.717, 1.165) is 38.5 Å². The average molecular weight is 543 g/mol. The molecule has 0 aromatic carbocycles. The molecule has 0 heteroatoms. The fourth-order valence-corrected chi connectivity index (χ4v) is 4.14. The summed E-state index contributed by atoms with van der Waals surface area (Å²) in [7, 11) is 0. The van der Waals surface area contributed by atoms with E-state index in [1.54, 1.807) is 0 Å². The number of rotatable bonds is 19. The molecule has 0 aliphatic rings. The Morgan fingerprint density at radius 3 is 1.07 bits per heavy atom. The molecule has 40 heavy (non-hydrogen) atoms. The molecule has 0 aromatic rings. The van der Waals surface area contributed by atoms with E-state index in [9.17, 15) is 0 Å². The Morgan fingerprint density at radius 2 is 0.675 bits per heavy atom. The van der Waals surface area contributed by atoms with E-state index in [1.807, 2.05) is 0 Å². The van der Waals surface area contributed by atoms with Gasteiger partial charge in [0.15, 0.2) is 0 Å². The van der Waals surface area contributed by atoms with Gasteiger partial charge in [-0.15, -0.1) is 0 Å². The lowest BCUT2D eigenvalue weighted by Crippen LogP contribution is -1.82. The van der Waals surface area contributed by atoms with Gasteiger partial charge < -0.3 is 0 Å². The minimum Gasteiger partial charge on any atom is -0.0856 e. The molecule has 0 fully saturated rings. The molecule has 0 saturated carbocycles. The Hall–Kier alpha value is -2.60. The monoisotopic (exact) mass is 542 g/mol. The van der Waals surface area contributed by atoms with E-state index in [0.29, 0.717) is 0 Å². The van der Waals surface area contributed by atoms with Crippen LogP contribution in [0, 0.1) is 0 Å². The third kappa shape index (κ3) is 25.7. The van der Waals surface area contributed by atoms with Crippen molar-refractivity contribution in [3.63, 3.8) is 0 Å². The Labute approximate surface area is 250 Å². The molecule has 0 amide bonds. The van der Waals surface area contributed by atoms with Crippen molar-refractivity contribution >= 4 is 0 Å². The van der Waals surface area contributed by atoms with E-state index in [4.69, 9.17) is 0 Å². The average Bonchev–Trinajstić information content (AvgIpc) is 2.86. The van der Waals surface area contributed by atoms with Gasteiger partial charge in [0.05, 0.1) is 0 Å². The minimum atomic E-state index is 1.12. The van der Waals surface area contributed by atoms with Crippen LogP contribution >= 0.6 is 0 Å². The zero-order valence-electron chi connectivity index (χ0n) is 28.0. The van der Waals surface area contributed by atoms with Crippen molar-refractivity contribution in [1.29, 1.82) is 0 Å². The normalized spacial score (nSPS) is 14.4. The quantitative estimate of drug-likeness (QED) is 0.112. The second kappa shape index (κ2) is 24.2. The summed E-state index contributed by atoms with van der Waals surface area (Å²) in [6, 6.07) is 0. The lowest BCUT2D eigenvalue weighted by molar-refractivity contribution is 0.900. The van der Waals surface area contributed by atoms with E-state index in [-0.39, 0.29) is 0 Å². The molecule has 0 radical (unpaired) electrons. The molecule has 0 aliphatic carbocycles. The van der Waals surface area contributed by atoms with Crippen LogP contribution in [0.5, 0.6) is 0 Å². The van der Waals surface area contributed by atoms with Crippen molar-refractivity contribution in [3.05, 3.63) is 117 Å². The summed E-state index contributed by atoms with van der Waals surface area (Å²) < 4.78 is 0. The summed E-state index contributed by atoms with van der Waals surface area (Å²) in [5.41, 5.74) is 11.5. The second-order valence-corrected chi connectivity index (χ2v) is 12.1. The van der Waals surface area contributed by atoms with Crippen molar-refractivity contribution in [1.82, 2.24) is 0 Å². The Bertz CT molecular complexity index is 1010. The minimum absolute atomic E-state index is 1.12. The first kappa shape index (κ1) is 37.4. The standard InChI is InChI=1S/C40H62/c1-33(2)19-13-23-37(7)27-17-31-39(9)29-15-25-35(5)21-11-12-22-36(6)26-16-30-40(10)32-18-28-38(8)24-14-20-34(3)4/h11-12,15,19-22,25,27-30H,13-14,16-18,23-24,26,31-32H2,1-10H3. The molecule has 0 saturated heterocycles. The summed E-state index contributed by atoms with van der Waals surface area (Å²) in [4.78, 5) is 0. The molecule has 0 atom stereocenters. The predicted octanol–water partition coefficient (Wildman–Crippen LogP) is 13.6. The first-order valence-electron chi connectivity index (χ1n) is 15.6. The van der Waals surface area contributed by atoms with Crippen LogP contribution < -0.4 is 0 Å². The fourth-order valence-electron chi connectivity index (χ4n) is 4.14. The topological polar surface area (TPSA) is 0 Å². The summed E-state index contributed by atoms with van der Waals surface area (Å²) in [6.45, 7) is 22.1. The molecule has 0 aromatic heterocycles. The van der Waals surface area contributed by atoms with Gasteiger partial charge in [-0.1, -0.05) is 117 Å². The third-order valence-electron chi connectivity index (χ3n) is 6.87. The molecule has 0 aliphatic heterocycles. The highest BCUT2D eigenvalue weighted by Crippen LogP contribution is 2.14. The number of hydrogen-bond acceptors (Lipinski definition) is 0. The van der Waals surface area contributed by atoms with E-state index < -0.39 is 0 Å². The van der Waals surface area contributed by atoms with Gasteiger partial charge in [0.1, 0.15) is 0 Å². The molecule has 0 unspecified atom stereocenters. The van der Waals surface area contributed by atoms with Crippen LogP contribution in [0.1, 0.15) is 133 Å². The molecule has 0 rings (SSSR count). The maximum atomic E-state index is 2.42. The van der Waals surface area contributed by atoms with Crippen molar-refractivity contribution < 1.29 is 0 Å². The van der Waals surface area contributed by atoms with Crippen LogP contribution in [0.2, 0.25) is 0 Å². The van der Waals surface area contributed by atoms with Crippen molar-refractivity contribution in [2.24, 2.45) is 0 Å². The lowest BCUT2D eigenvalue weighted by Gasteiger charge is -2.02. The van der Waals surface area contributed by atoms with Gasteiger partial charge in [-0.25, -0.2) is 0 Å². The van der Waals surface area contributed by atoms with Crippen LogP contribution in [0.3, 0.4) is 0 Å². The van der Waals surface area contributed by atoms with Gasteiger partial charge in [0.2, 0.25) is 0 Å². The summed E-state index contributed by atoms with van der Waals surface area (Å²) in [6.07, 6.45) is 38.8. The Balaban J connectivity index is 4.39. The van der Waals surface area contributed by atoms with Crippen molar-refractivity contribution in [2.45, 2.75) is 133 Å². The first-order chi connectivity index (χ1) is 19.0. The Morgan fingerprint density at radius 1 is 0.350 bits per heavy atom. The zero-order valence-corrected chi connectivity index (χ0v) is 28.0. The zero-order chi connectivity index (χ0) is 30.2. The molecule has 0 spiro atoms. The summed E-state index contributed by atoms with van der Waals surface area (Å²) in [5.74, 6) is 0. The molecule has 222 valence electrons. The van der Waals surface area contributed by atoms with Crippen molar-refractivity contribution in [3.8, 4) is 0 Å². The molecule has 0 heterocycles. The summed E-state index contributed by atoms with van der Waals surface area (Å²) >= 11 is 0. The second-order valence-electron chi connectivity index (χ2n) is 12.1. The van der Waals surface area contributed by atoms with Gasteiger partial charge in [0.25, 0.3) is 0 Å². The number of allylic oxidation sites excluding steroid dienone is 20. The van der Waals surface area contributed by atoms with Crippen LogP contribution in [-0.4, -0.2) is 0 Å². The molecule has 0 nitrogen and oxygen atoms in total. The van der Waals surface area contributed by atoms with E-state index >= 15 is 0 Å². The van der Waals surface area contributed by atoms with Crippen molar-refractivity contribution in [2.75, 3.05) is 0 Å². The SMILES string of the molecule is CC(C)=CCCC(C)=CCCC(C)=CC=CC(C)=CC=CC=C(C)CCC=C(C)CCC=C(C)CCC=C(C)C. The third-order valence-corrected chi connectivity index (χ3v) is 6.87. The molecular weight excluding hydrogens is 480 g/mol. The largest absolute Gasteiger partial charge is 0.0856 e. The van der Waals surface area contributed by atoms with Gasteiger partial charge >= 0.3 is 0 Å². The van der Waals surface area contributed by atoms with Gasteiger partial charge in [-0.2, -0.15) is 0 Å². The van der Waals surface area contributed by atoms with Crippen LogP contribution in [-0.2, 0) is 0 Å². The predicted molar refractivity (Wildman–Crippen MR) is 186 cm³/mol. The molecular formula is C40H62. The highest BCUT2D eigenvalue weighted by Gasteiger charge is 1.94. The maximum Gasteiger partial charge on any atom is -0.0285 e. The van der Waals surface area contributed by atoms with Crippen LogP contribution in [0.15, 0.2) is 117 Å². The van der Waals surface area contributed by atoms with Crippen LogP contribution in [0.25, 0.3) is 0 Å². The highest BCUT2D eigenvalue weighted by molar-refractivity contribution is 5.27. The maximum absolute atomic E-state index is 2.42. The molecule has 0 N–H and O–H groups in total. The van der Waals surface area contributed by atoms with Gasteiger partial charge in [-0.05, 0) is 133 Å². The molecule has 0 bridgehead atoms. The van der Waals surface area contributed by atoms with E-state index in [2.05, 4.69) is 142 Å². The first-order valence-corrected chi connectivity index (χ1v) is 15.6. The number of hydrogen-bond donors (Lipinski definition) is 0. The highest BCUT2D eigenvalue weighted by atomic mass is 14.0. The lowest BCUT2D eigenvalue weighted by atomic mass is 10.0. The van der Waals surface area contributed by atoms with Crippen LogP contribution in [0.4, 0.5) is 0 Å². The smallest absolute Gasteiger partial charge is 0.0285 e. The van der Waals surface area contributed by atoms with Gasteiger partial charge in [-0.3, -0.25) is 0 Å². The Kier molecular flexibility index (Phi) is 22.6. The summed E-state index contributed by atoms with van der Waals surface area (Å²) in [5, 5.41) is 0. The van der Waals surface area contributed by atoms with E-state index in [1.165, 1.54) is 70.3 Å². The fraction of sp³-hybridized carbons (Fsp3) is 0.500.